The van der Waals surface area contributed by atoms with Gasteiger partial charge in [0.05, 0.1) is 6.54 Å². The van der Waals surface area contributed by atoms with Gasteiger partial charge in [0.25, 0.3) is 0 Å². The Kier molecular flexibility index (Phi) is 5.34. The molecule has 1 aliphatic rings. The molecule has 0 radical (unpaired) electrons. The van der Waals surface area contributed by atoms with Crippen molar-refractivity contribution in [3.63, 3.8) is 0 Å². The van der Waals surface area contributed by atoms with Gasteiger partial charge in [-0.15, -0.1) is 0 Å². The molecule has 2 rings (SSSR count). The summed E-state index contributed by atoms with van der Waals surface area (Å²) in [6.07, 6.45) is 0. The van der Waals surface area contributed by atoms with Crippen LogP contribution in [-0.2, 0) is 11.3 Å². The average molecular weight is 300 g/mol. The van der Waals surface area contributed by atoms with E-state index in [1.165, 1.54) is 12.1 Å². The van der Waals surface area contributed by atoms with E-state index < -0.39 is 0 Å². The minimum atomic E-state index is -0.352. The van der Waals surface area contributed by atoms with Gasteiger partial charge in [0.15, 0.2) is 0 Å². The van der Waals surface area contributed by atoms with E-state index in [2.05, 4.69) is 5.32 Å². The molecule has 0 bridgehead atoms. The van der Waals surface area contributed by atoms with E-state index in [9.17, 15) is 9.18 Å². The fraction of sp³-hybridized carbons (Fsp3) is 0.500. The van der Waals surface area contributed by atoms with E-state index in [1.807, 2.05) is 16.8 Å². The van der Waals surface area contributed by atoms with E-state index in [1.54, 1.807) is 6.07 Å². The maximum atomic E-state index is 13.2. The van der Waals surface area contributed by atoms with Crippen LogP contribution in [0.15, 0.2) is 18.2 Å². The molecule has 1 aliphatic heterocycles. The summed E-state index contributed by atoms with van der Waals surface area (Å²) >= 11 is 5.82. The highest BCUT2D eigenvalue weighted by Crippen LogP contribution is 2.15. The summed E-state index contributed by atoms with van der Waals surface area (Å²) in [6, 6.07) is 4.44. The molecule has 0 aromatic heterocycles. The Balaban J connectivity index is 1.88. The molecular formula is C14H19ClFN3O. The number of benzene rings is 1. The maximum Gasteiger partial charge on any atom is 0.236 e. The second-order valence-corrected chi connectivity index (χ2v) is 5.52. The number of nitrogens with zero attached hydrogens (tertiary/aromatic N) is 2. The van der Waals surface area contributed by atoms with Crippen LogP contribution in [0.3, 0.4) is 0 Å². The number of piperazine rings is 1. The Labute approximate surface area is 123 Å². The number of nitrogens with one attached hydrogen (secondary N) is 1. The SMILES string of the molecule is CN(CC(=O)N1CCNCC1)Cc1cc(F)cc(Cl)c1. The molecule has 0 unspecified atom stereocenters. The van der Waals surface area contributed by atoms with Gasteiger partial charge in [0.2, 0.25) is 5.91 Å². The largest absolute Gasteiger partial charge is 0.339 e. The molecule has 0 saturated carbocycles. The number of hydrogen-bond donors (Lipinski definition) is 1. The Morgan fingerprint density at radius 2 is 2.10 bits per heavy atom. The number of amides is 1. The third-order valence-corrected chi connectivity index (χ3v) is 3.47. The Bertz CT molecular complexity index is 457. The van der Waals surface area contributed by atoms with Crippen molar-refractivity contribution >= 4 is 17.5 Å². The zero-order valence-corrected chi connectivity index (χ0v) is 12.3. The normalized spacial score (nSPS) is 15.7. The molecule has 1 N–H and O–H groups in total. The van der Waals surface area contributed by atoms with Crippen LogP contribution < -0.4 is 5.32 Å². The first-order valence-electron chi connectivity index (χ1n) is 6.66. The summed E-state index contributed by atoms with van der Waals surface area (Å²) < 4.78 is 13.2. The lowest BCUT2D eigenvalue weighted by Crippen LogP contribution is -2.49. The van der Waals surface area contributed by atoms with Crippen molar-refractivity contribution in [2.45, 2.75) is 6.54 Å². The van der Waals surface area contributed by atoms with Gasteiger partial charge in [-0.05, 0) is 30.8 Å². The van der Waals surface area contributed by atoms with Crippen molar-refractivity contribution in [1.82, 2.24) is 15.1 Å². The van der Waals surface area contributed by atoms with Crippen LogP contribution in [0.5, 0.6) is 0 Å². The Hall–Kier alpha value is -1.17. The lowest BCUT2D eigenvalue weighted by molar-refractivity contribution is -0.132. The van der Waals surface area contributed by atoms with Crippen LogP contribution in [0.1, 0.15) is 5.56 Å². The standard InChI is InChI=1S/C14H19ClFN3O/c1-18(9-11-6-12(15)8-13(16)7-11)10-14(20)19-4-2-17-3-5-19/h6-8,17H,2-5,9-10H2,1H3. The van der Waals surface area contributed by atoms with Crippen LogP contribution in [0.2, 0.25) is 5.02 Å². The second-order valence-electron chi connectivity index (χ2n) is 5.08. The number of rotatable bonds is 4. The summed E-state index contributed by atoms with van der Waals surface area (Å²) in [5, 5.41) is 3.59. The molecular weight excluding hydrogens is 281 g/mol. The third kappa shape index (κ3) is 4.44. The van der Waals surface area contributed by atoms with Crippen molar-refractivity contribution in [3.05, 3.63) is 34.6 Å². The molecule has 4 nitrogen and oxygen atoms in total. The number of carbonyl (C=O) groups is 1. The molecule has 0 spiro atoms. The monoisotopic (exact) mass is 299 g/mol. The fourth-order valence-corrected chi connectivity index (χ4v) is 2.56. The van der Waals surface area contributed by atoms with Crippen LogP contribution in [0, 0.1) is 5.82 Å². The summed E-state index contributed by atoms with van der Waals surface area (Å²) in [5.41, 5.74) is 0.769. The van der Waals surface area contributed by atoms with Gasteiger partial charge in [-0.3, -0.25) is 9.69 Å². The summed E-state index contributed by atoms with van der Waals surface area (Å²) in [4.78, 5) is 15.8. The number of hydrogen-bond acceptors (Lipinski definition) is 3. The lowest BCUT2D eigenvalue weighted by atomic mass is 10.2. The van der Waals surface area contributed by atoms with Crippen LogP contribution in [-0.4, -0.2) is 55.5 Å². The number of halogens is 2. The van der Waals surface area contributed by atoms with Gasteiger partial charge in [0.1, 0.15) is 5.82 Å². The van der Waals surface area contributed by atoms with Crippen LogP contribution in [0.4, 0.5) is 4.39 Å². The molecule has 1 aromatic carbocycles. The minimum absolute atomic E-state index is 0.108. The van der Waals surface area contributed by atoms with Gasteiger partial charge in [0, 0.05) is 37.7 Å². The molecule has 110 valence electrons. The van der Waals surface area contributed by atoms with Crippen molar-refractivity contribution in [1.29, 1.82) is 0 Å². The minimum Gasteiger partial charge on any atom is -0.339 e. The van der Waals surface area contributed by atoms with E-state index in [0.717, 1.165) is 31.7 Å². The molecule has 1 amide bonds. The molecule has 1 aromatic rings. The highest BCUT2D eigenvalue weighted by molar-refractivity contribution is 6.30. The first-order chi connectivity index (χ1) is 9.54. The third-order valence-electron chi connectivity index (χ3n) is 3.25. The summed E-state index contributed by atoms with van der Waals surface area (Å²) in [7, 11) is 1.85. The first-order valence-corrected chi connectivity index (χ1v) is 7.04. The lowest BCUT2D eigenvalue weighted by Gasteiger charge is -2.29. The van der Waals surface area contributed by atoms with Crippen molar-refractivity contribution in [2.75, 3.05) is 39.8 Å². The quantitative estimate of drug-likeness (QED) is 0.911. The first kappa shape index (κ1) is 15.2. The van der Waals surface area contributed by atoms with E-state index >= 15 is 0 Å². The van der Waals surface area contributed by atoms with E-state index in [4.69, 9.17) is 11.6 Å². The smallest absolute Gasteiger partial charge is 0.236 e. The Morgan fingerprint density at radius 3 is 2.75 bits per heavy atom. The zero-order chi connectivity index (χ0) is 14.5. The van der Waals surface area contributed by atoms with Gasteiger partial charge in [-0.25, -0.2) is 4.39 Å². The zero-order valence-electron chi connectivity index (χ0n) is 11.5. The van der Waals surface area contributed by atoms with Crippen molar-refractivity contribution in [3.8, 4) is 0 Å². The second kappa shape index (κ2) is 7.02. The van der Waals surface area contributed by atoms with Crippen molar-refractivity contribution < 1.29 is 9.18 Å². The predicted octanol–water partition coefficient (Wildman–Crippen LogP) is 1.34. The predicted molar refractivity (Wildman–Crippen MR) is 77.2 cm³/mol. The Morgan fingerprint density at radius 1 is 1.40 bits per heavy atom. The molecule has 1 heterocycles. The summed E-state index contributed by atoms with van der Waals surface area (Å²) in [5.74, 6) is -0.245. The molecule has 0 aliphatic carbocycles. The van der Waals surface area contributed by atoms with Crippen LogP contribution in [0.25, 0.3) is 0 Å². The topological polar surface area (TPSA) is 35.6 Å². The van der Waals surface area contributed by atoms with E-state index in [0.29, 0.717) is 18.1 Å². The molecule has 20 heavy (non-hydrogen) atoms. The van der Waals surface area contributed by atoms with Gasteiger partial charge < -0.3 is 10.2 Å². The van der Waals surface area contributed by atoms with Gasteiger partial charge >= 0.3 is 0 Å². The average Bonchev–Trinajstić information content (AvgIpc) is 2.38. The van der Waals surface area contributed by atoms with Crippen LogP contribution >= 0.6 is 11.6 Å². The fourth-order valence-electron chi connectivity index (χ4n) is 2.31. The molecule has 0 atom stereocenters. The maximum absolute atomic E-state index is 13.2. The van der Waals surface area contributed by atoms with Gasteiger partial charge in [-0.1, -0.05) is 11.6 Å². The van der Waals surface area contributed by atoms with Crippen molar-refractivity contribution in [2.24, 2.45) is 0 Å². The number of likely N-dealkylation sites (N-methyl/N-ethyl adjacent to an activating group) is 1. The summed E-state index contributed by atoms with van der Waals surface area (Å²) in [6.45, 7) is 4.00. The molecule has 1 fully saturated rings. The highest BCUT2D eigenvalue weighted by Gasteiger charge is 2.17. The van der Waals surface area contributed by atoms with E-state index in [-0.39, 0.29) is 11.7 Å². The highest BCUT2D eigenvalue weighted by atomic mass is 35.5. The molecule has 1 saturated heterocycles. The van der Waals surface area contributed by atoms with Gasteiger partial charge in [-0.2, -0.15) is 0 Å². The number of carbonyl (C=O) groups excluding carboxylic acids is 1. The molecule has 6 heteroatoms.